The van der Waals surface area contributed by atoms with Crippen molar-refractivity contribution in [1.82, 2.24) is 9.88 Å². The van der Waals surface area contributed by atoms with Gasteiger partial charge in [-0.3, -0.25) is 0 Å². The standard InChI is InChI=1S/C12H15N3/c1-15-11-6-8(13)2-3-9(11)10-4-5-14-7-12(10)15/h2-3,6,14H,4-5,7,13H2,1H3. The van der Waals surface area contributed by atoms with Crippen molar-refractivity contribution in [3.05, 3.63) is 29.5 Å². The van der Waals surface area contributed by atoms with E-state index in [2.05, 4.69) is 29.1 Å². The number of aryl methyl sites for hydroxylation is 1. The minimum absolute atomic E-state index is 0.841. The van der Waals surface area contributed by atoms with Crippen LogP contribution in [0.5, 0.6) is 0 Å². The topological polar surface area (TPSA) is 43.0 Å². The normalized spacial score (nSPS) is 15.5. The van der Waals surface area contributed by atoms with Crippen molar-refractivity contribution in [2.24, 2.45) is 7.05 Å². The zero-order chi connectivity index (χ0) is 10.4. The van der Waals surface area contributed by atoms with Crippen LogP contribution in [-0.4, -0.2) is 11.1 Å². The zero-order valence-electron chi connectivity index (χ0n) is 8.88. The molecule has 3 rings (SSSR count). The Morgan fingerprint density at radius 3 is 3.13 bits per heavy atom. The molecule has 2 aromatic rings. The van der Waals surface area contributed by atoms with Gasteiger partial charge in [0.15, 0.2) is 0 Å². The molecule has 15 heavy (non-hydrogen) atoms. The van der Waals surface area contributed by atoms with Gasteiger partial charge in [0.2, 0.25) is 0 Å². The van der Waals surface area contributed by atoms with E-state index < -0.39 is 0 Å². The second-order valence-corrected chi connectivity index (χ2v) is 4.19. The first-order valence-electron chi connectivity index (χ1n) is 5.34. The second-order valence-electron chi connectivity index (χ2n) is 4.19. The maximum Gasteiger partial charge on any atom is 0.0503 e. The monoisotopic (exact) mass is 201 g/mol. The molecule has 0 saturated carbocycles. The van der Waals surface area contributed by atoms with Crippen molar-refractivity contribution in [2.45, 2.75) is 13.0 Å². The summed E-state index contributed by atoms with van der Waals surface area (Å²) < 4.78 is 2.26. The predicted octanol–water partition coefficient (Wildman–Crippen LogP) is 1.41. The Balaban J connectivity index is 2.38. The van der Waals surface area contributed by atoms with Crippen LogP contribution in [0, 0.1) is 0 Å². The summed E-state index contributed by atoms with van der Waals surface area (Å²) in [4.78, 5) is 0. The van der Waals surface area contributed by atoms with E-state index in [0.717, 1.165) is 25.2 Å². The summed E-state index contributed by atoms with van der Waals surface area (Å²) in [7, 11) is 2.12. The average Bonchev–Trinajstić information content (AvgIpc) is 2.54. The number of anilines is 1. The van der Waals surface area contributed by atoms with Gasteiger partial charge in [0.25, 0.3) is 0 Å². The zero-order valence-corrected chi connectivity index (χ0v) is 8.88. The van der Waals surface area contributed by atoms with E-state index in [1.54, 1.807) is 0 Å². The van der Waals surface area contributed by atoms with Gasteiger partial charge < -0.3 is 15.6 Å². The fourth-order valence-corrected chi connectivity index (χ4v) is 2.51. The fourth-order valence-electron chi connectivity index (χ4n) is 2.51. The molecule has 0 spiro atoms. The Labute approximate surface area is 88.9 Å². The SMILES string of the molecule is Cn1c2c(c3ccc(N)cc31)CCNC2. The predicted molar refractivity (Wildman–Crippen MR) is 62.7 cm³/mol. The lowest BCUT2D eigenvalue weighted by molar-refractivity contribution is 0.614. The Morgan fingerprint density at radius 1 is 1.40 bits per heavy atom. The Hall–Kier alpha value is -1.48. The molecule has 1 aromatic heterocycles. The average molecular weight is 201 g/mol. The van der Waals surface area contributed by atoms with Crippen molar-refractivity contribution in [3.63, 3.8) is 0 Å². The molecule has 0 radical (unpaired) electrons. The summed E-state index contributed by atoms with van der Waals surface area (Å²) in [6.45, 7) is 2.05. The molecule has 2 heterocycles. The maximum atomic E-state index is 5.82. The van der Waals surface area contributed by atoms with Crippen LogP contribution in [0.15, 0.2) is 18.2 Å². The van der Waals surface area contributed by atoms with Gasteiger partial charge in [-0.25, -0.2) is 0 Å². The number of hydrogen-bond acceptors (Lipinski definition) is 2. The summed E-state index contributed by atoms with van der Waals surface area (Å²) in [5.74, 6) is 0. The van der Waals surface area contributed by atoms with Crippen molar-refractivity contribution < 1.29 is 0 Å². The lowest BCUT2D eigenvalue weighted by atomic mass is 10.0. The lowest BCUT2D eigenvalue weighted by Gasteiger charge is -2.14. The molecular weight excluding hydrogens is 186 g/mol. The first-order valence-corrected chi connectivity index (χ1v) is 5.34. The first-order chi connectivity index (χ1) is 7.27. The van der Waals surface area contributed by atoms with E-state index >= 15 is 0 Å². The Morgan fingerprint density at radius 2 is 2.27 bits per heavy atom. The summed E-state index contributed by atoms with van der Waals surface area (Å²) in [5.41, 5.74) is 10.8. The number of hydrogen-bond donors (Lipinski definition) is 2. The van der Waals surface area contributed by atoms with Crippen LogP contribution in [0.1, 0.15) is 11.3 Å². The number of fused-ring (bicyclic) bond motifs is 3. The molecule has 3 N–H and O–H groups in total. The van der Waals surface area contributed by atoms with Crippen molar-refractivity contribution in [2.75, 3.05) is 12.3 Å². The number of aromatic nitrogens is 1. The quantitative estimate of drug-likeness (QED) is 0.633. The molecule has 0 amide bonds. The summed E-state index contributed by atoms with van der Waals surface area (Å²) in [6, 6.07) is 6.20. The Kier molecular flexibility index (Phi) is 1.76. The molecule has 0 unspecified atom stereocenters. The van der Waals surface area contributed by atoms with Gasteiger partial charge in [-0.2, -0.15) is 0 Å². The van der Waals surface area contributed by atoms with Gasteiger partial charge in [0.1, 0.15) is 0 Å². The molecule has 3 nitrogen and oxygen atoms in total. The third-order valence-corrected chi connectivity index (χ3v) is 3.31. The van der Waals surface area contributed by atoms with Gasteiger partial charge in [0.05, 0.1) is 5.52 Å². The van der Waals surface area contributed by atoms with Gasteiger partial charge in [-0.05, 0) is 30.7 Å². The summed E-state index contributed by atoms with van der Waals surface area (Å²) in [5, 5.41) is 4.77. The molecule has 0 bridgehead atoms. The highest BCUT2D eigenvalue weighted by Gasteiger charge is 2.17. The molecule has 0 atom stereocenters. The minimum atomic E-state index is 0.841. The second kappa shape index (κ2) is 3.00. The number of nitrogens with one attached hydrogen (secondary N) is 1. The number of nitrogens with zero attached hydrogens (tertiary/aromatic N) is 1. The highest BCUT2D eigenvalue weighted by molar-refractivity contribution is 5.88. The first kappa shape index (κ1) is 8.80. The molecule has 1 aliphatic heterocycles. The van der Waals surface area contributed by atoms with Crippen molar-refractivity contribution in [3.8, 4) is 0 Å². The van der Waals surface area contributed by atoms with Crippen LogP contribution in [0.3, 0.4) is 0 Å². The van der Waals surface area contributed by atoms with Gasteiger partial charge in [0, 0.05) is 30.4 Å². The van der Waals surface area contributed by atoms with Crippen LogP contribution in [0.4, 0.5) is 5.69 Å². The van der Waals surface area contributed by atoms with Gasteiger partial charge in [-0.15, -0.1) is 0 Å². The van der Waals surface area contributed by atoms with E-state index in [0.29, 0.717) is 0 Å². The summed E-state index contributed by atoms with van der Waals surface area (Å²) in [6.07, 6.45) is 1.12. The molecule has 0 fully saturated rings. The molecule has 3 heteroatoms. The number of nitrogen functional groups attached to an aromatic ring is 1. The van der Waals surface area contributed by atoms with E-state index in [1.165, 1.54) is 22.2 Å². The third kappa shape index (κ3) is 1.16. The molecule has 1 aromatic carbocycles. The number of rotatable bonds is 0. The van der Waals surface area contributed by atoms with Crippen LogP contribution < -0.4 is 11.1 Å². The highest BCUT2D eigenvalue weighted by Crippen LogP contribution is 2.28. The smallest absolute Gasteiger partial charge is 0.0503 e. The van der Waals surface area contributed by atoms with E-state index in [9.17, 15) is 0 Å². The summed E-state index contributed by atoms with van der Waals surface area (Å²) >= 11 is 0. The van der Waals surface area contributed by atoms with Gasteiger partial charge >= 0.3 is 0 Å². The van der Waals surface area contributed by atoms with Crippen molar-refractivity contribution in [1.29, 1.82) is 0 Å². The van der Waals surface area contributed by atoms with E-state index in [1.807, 2.05) is 6.07 Å². The molecular formula is C12H15N3. The fraction of sp³-hybridized carbons (Fsp3) is 0.333. The molecule has 0 saturated heterocycles. The highest BCUT2D eigenvalue weighted by atomic mass is 15.0. The molecule has 1 aliphatic rings. The van der Waals surface area contributed by atoms with E-state index in [-0.39, 0.29) is 0 Å². The number of benzene rings is 1. The van der Waals surface area contributed by atoms with Gasteiger partial charge in [-0.1, -0.05) is 6.07 Å². The van der Waals surface area contributed by atoms with Crippen LogP contribution in [0.25, 0.3) is 10.9 Å². The molecule has 0 aliphatic carbocycles. The largest absolute Gasteiger partial charge is 0.399 e. The van der Waals surface area contributed by atoms with Crippen LogP contribution >= 0.6 is 0 Å². The van der Waals surface area contributed by atoms with Crippen molar-refractivity contribution >= 4 is 16.6 Å². The van der Waals surface area contributed by atoms with Crippen LogP contribution in [0.2, 0.25) is 0 Å². The number of nitrogens with two attached hydrogens (primary N) is 1. The molecule has 78 valence electrons. The Bertz CT molecular complexity index is 525. The van der Waals surface area contributed by atoms with E-state index in [4.69, 9.17) is 5.73 Å². The lowest BCUT2D eigenvalue weighted by Crippen LogP contribution is -2.24. The maximum absolute atomic E-state index is 5.82. The third-order valence-electron chi connectivity index (χ3n) is 3.31. The minimum Gasteiger partial charge on any atom is -0.399 e. The van der Waals surface area contributed by atoms with Crippen LogP contribution in [-0.2, 0) is 20.0 Å².